The summed E-state index contributed by atoms with van der Waals surface area (Å²) in [6, 6.07) is 10.2. The third-order valence-corrected chi connectivity index (χ3v) is 5.09. The van der Waals surface area contributed by atoms with Crippen molar-refractivity contribution in [3.05, 3.63) is 75.3 Å². The van der Waals surface area contributed by atoms with E-state index in [-0.39, 0.29) is 35.2 Å². The van der Waals surface area contributed by atoms with Crippen LogP contribution < -0.4 is 0 Å². The van der Waals surface area contributed by atoms with Crippen molar-refractivity contribution in [2.24, 2.45) is 0 Å². The predicted octanol–water partition coefficient (Wildman–Crippen LogP) is 3.54. The van der Waals surface area contributed by atoms with Gasteiger partial charge in [-0.25, -0.2) is 0 Å². The van der Waals surface area contributed by atoms with Crippen molar-refractivity contribution in [3.63, 3.8) is 0 Å². The van der Waals surface area contributed by atoms with Crippen LogP contribution in [0, 0.1) is 10.1 Å². The van der Waals surface area contributed by atoms with E-state index in [0.29, 0.717) is 18.6 Å². The van der Waals surface area contributed by atoms with E-state index in [0.717, 1.165) is 0 Å². The summed E-state index contributed by atoms with van der Waals surface area (Å²) < 4.78 is 5.52. The third-order valence-electron chi connectivity index (χ3n) is 5.09. The lowest BCUT2D eigenvalue weighted by Gasteiger charge is -2.25. The van der Waals surface area contributed by atoms with E-state index in [1.165, 1.54) is 41.3 Å². The molecule has 2 N–H and O–H groups in total. The van der Waals surface area contributed by atoms with E-state index in [9.17, 15) is 29.9 Å². The van der Waals surface area contributed by atoms with Crippen LogP contribution in [0.5, 0.6) is 5.75 Å². The van der Waals surface area contributed by atoms with Crippen molar-refractivity contribution in [2.75, 3.05) is 13.2 Å². The molecule has 2 aromatic rings. The average Bonchev–Trinajstić information content (AvgIpc) is 3.01. The molecule has 32 heavy (non-hydrogen) atoms. The maximum Gasteiger partial charge on any atom is 0.295 e. The normalized spacial score (nSPS) is 17.8. The van der Waals surface area contributed by atoms with E-state index in [1.54, 1.807) is 12.1 Å². The standard InChI is InChI=1S/C23H24N2O7/c1-14(2)32-13-3-12-24-20(15-6-10-18(26)11-7-15)19(22(28)23(24)29)21(27)16-4-8-17(9-5-16)25(30)31/h4-11,14,20,26-27H,3,12-13H2,1-2H3/b21-19-. The van der Waals surface area contributed by atoms with E-state index < -0.39 is 28.4 Å². The minimum atomic E-state index is -0.871. The van der Waals surface area contributed by atoms with Crippen LogP contribution in [0.3, 0.4) is 0 Å². The minimum absolute atomic E-state index is 0.0198. The molecule has 0 aliphatic carbocycles. The number of non-ortho nitro benzene ring substituents is 1. The van der Waals surface area contributed by atoms with Gasteiger partial charge in [0.05, 0.1) is 22.6 Å². The minimum Gasteiger partial charge on any atom is -0.508 e. The van der Waals surface area contributed by atoms with Gasteiger partial charge in [-0.15, -0.1) is 0 Å². The summed E-state index contributed by atoms with van der Waals surface area (Å²) in [5, 5.41) is 31.5. The molecule has 9 nitrogen and oxygen atoms in total. The molecule has 1 aliphatic heterocycles. The highest BCUT2D eigenvalue weighted by Gasteiger charge is 2.45. The number of carbonyl (C=O) groups is 2. The SMILES string of the molecule is CC(C)OCCCN1C(=O)C(=O)/C(=C(\O)c2ccc([N+](=O)[O-])cc2)C1c1ccc(O)cc1. The average molecular weight is 440 g/mol. The fourth-order valence-corrected chi connectivity index (χ4v) is 3.56. The number of nitro groups is 1. The number of phenols is 1. The molecule has 1 amide bonds. The Morgan fingerprint density at radius 3 is 2.31 bits per heavy atom. The highest BCUT2D eigenvalue weighted by molar-refractivity contribution is 6.46. The Kier molecular flexibility index (Phi) is 6.89. The second kappa shape index (κ2) is 9.61. The summed E-state index contributed by atoms with van der Waals surface area (Å²) in [6.07, 6.45) is 0.512. The summed E-state index contributed by atoms with van der Waals surface area (Å²) in [5.41, 5.74) is 0.442. The first-order valence-corrected chi connectivity index (χ1v) is 10.1. The molecule has 1 atom stereocenters. The molecule has 1 heterocycles. The number of ether oxygens (including phenoxy) is 1. The molecule has 0 aromatic heterocycles. The van der Waals surface area contributed by atoms with Gasteiger partial charge in [0.2, 0.25) is 0 Å². The number of benzene rings is 2. The topological polar surface area (TPSA) is 130 Å². The Labute approximate surface area is 184 Å². The number of nitro benzene ring substituents is 1. The molecule has 0 radical (unpaired) electrons. The van der Waals surface area contributed by atoms with Gasteiger partial charge >= 0.3 is 0 Å². The van der Waals surface area contributed by atoms with Crippen molar-refractivity contribution in [2.45, 2.75) is 32.4 Å². The monoisotopic (exact) mass is 440 g/mol. The van der Waals surface area contributed by atoms with Gasteiger partial charge in [-0.2, -0.15) is 0 Å². The van der Waals surface area contributed by atoms with Crippen molar-refractivity contribution in [1.82, 2.24) is 4.90 Å². The van der Waals surface area contributed by atoms with Crippen molar-refractivity contribution in [1.29, 1.82) is 0 Å². The van der Waals surface area contributed by atoms with Gasteiger partial charge in [-0.3, -0.25) is 19.7 Å². The lowest BCUT2D eigenvalue weighted by molar-refractivity contribution is -0.384. The fourth-order valence-electron chi connectivity index (χ4n) is 3.56. The quantitative estimate of drug-likeness (QED) is 0.160. The van der Waals surface area contributed by atoms with E-state index in [4.69, 9.17) is 4.74 Å². The zero-order chi connectivity index (χ0) is 23.4. The number of aromatic hydroxyl groups is 1. The van der Waals surface area contributed by atoms with E-state index in [2.05, 4.69) is 0 Å². The van der Waals surface area contributed by atoms with Gasteiger partial charge in [0, 0.05) is 30.8 Å². The number of hydrogen-bond donors (Lipinski definition) is 2. The molecule has 2 aromatic carbocycles. The van der Waals surface area contributed by atoms with Gasteiger partial charge in [0.15, 0.2) is 0 Å². The Morgan fingerprint density at radius 2 is 1.75 bits per heavy atom. The molecule has 168 valence electrons. The van der Waals surface area contributed by atoms with Gasteiger partial charge < -0.3 is 19.8 Å². The number of Topliss-reactive ketones (excluding diaryl/α,β-unsaturated/α-hetero) is 1. The summed E-state index contributed by atoms with van der Waals surface area (Å²) >= 11 is 0. The second-order valence-corrected chi connectivity index (χ2v) is 7.66. The number of hydrogen-bond acceptors (Lipinski definition) is 7. The van der Waals surface area contributed by atoms with Crippen LogP contribution in [-0.4, -0.2) is 51.0 Å². The molecular formula is C23H24N2O7. The van der Waals surface area contributed by atoms with Crippen LogP contribution in [0.2, 0.25) is 0 Å². The zero-order valence-corrected chi connectivity index (χ0v) is 17.7. The number of aliphatic hydroxyl groups excluding tert-OH is 1. The van der Waals surface area contributed by atoms with E-state index >= 15 is 0 Å². The summed E-state index contributed by atoms with van der Waals surface area (Å²) in [4.78, 5) is 37.4. The summed E-state index contributed by atoms with van der Waals surface area (Å²) in [6.45, 7) is 4.41. The molecule has 1 aliphatic rings. The molecular weight excluding hydrogens is 416 g/mol. The van der Waals surface area contributed by atoms with Crippen LogP contribution in [0.4, 0.5) is 5.69 Å². The largest absolute Gasteiger partial charge is 0.508 e. The lowest BCUT2D eigenvalue weighted by atomic mass is 9.95. The lowest BCUT2D eigenvalue weighted by Crippen LogP contribution is -2.31. The zero-order valence-electron chi connectivity index (χ0n) is 17.7. The van der Waals surface area contributed by atoms with Gasteiger partial charge in [0.25, 0.3) is 17.4 Å². The van der Waals surface area contributed by atoms with Crippen LogP contribution in [0.25, 0.3) is 5.76 Å². The molecule has 0 bridgehead atoms. The summed E-state index contributed by atoms with van der Waals surface area (Å²) in [7, 11) is 0. The number of phenolic OH excluding ortho intramolecular Hbond substituents is 1. The van der Waals surface area contributed by atoms with Gasteiger partial charge in [-0.05, 0) is 50.1 Å². The predicted molar refractivity (Wildman–Crippen MR) is 116 cm³/mol. The first kappa shape index (κ1) is 23.0. The molecule has 0 saturated carbocycles. The van der Waals surface area contributed by atoms with Crippen LogP contribution in [0.15, 0.2) is 54.1 Å². The van der Waals surface area contributed by atoms with Crippen LogP contribution in [-0.2, 0) is 14.3 Å². The molecule has 1 unspecified atom stereocenters. The number of likely N-dealkylation sites (tertiary alicyclic amines) is 1. The highest BCUT2D eigenvalue weighted by Crippen LogP contribution is 2.40. The smallest absolute Gasteiger partial charge is 0.295 e. The maximum absolute atomic E-state index is 12.9. The first-order valence-electron chi connectivity index (χ1n) is 10.1. The molecule has 3 rings (SSSR count). The molecule has 1 fully saturated rings. The number of ketones is 1. The third kappa shape index (κ3) is 4.78. The maximum atomic E-state index is 12.9. The van der Waals surface area contributed by atoms with Crippen molar-refractivity contribution < 1.29 is 29.5 Å². The van der Waals surface area contributed by atoms with E-state index in [1.807, 2.05) is 13.8 Å². The Hall–Kier alpha value is -3.72. The number of nitrogens with zero attached hydrogens (tertiary/aromatic N) is 2. The number of rotatable bonds is 8. The molecule has 9 heteroatoms. The Bertz CT molecular complexity index is 1040. The molecule has 1 saturated heterocycles. The second-order valence-electron chi connectivity index (χ2n) is 7.66. The Balaban J connectivity index is 2.02. The first-order chi connectivity index (χ1) is 15.2. The fraction of sp³-hybridized carbons (Fsp3) is 0.304. The Morgan fingerprint density at radius 1 is 1.12 bits per heavy atom. The van der Waals surface area contributed by atoms with Crippen molar-refractivity contribution in [3.8, 4) is 5.75 Å². The van der Waals surface area contributed by atoms with Gasteiger partial charge in [-0.1, -0.05) is 12.1 Å². The van der Waals surface area contributed by atoms with Crippen molar-refractivity contribution >= 4 is 23.1 Å². The van der Waals surface area contributed by atoms with Gasteiger partial charge in [0.1, 0.15) is 11.5 Å². The summed E-state index contributed by atoms with van der Waals surface area (Å²) in [5.74, 6) is -2.00. The van der Waals surface area contributed by atoms with Crippen LogP contribution >= 0.6 is 0 Å². The number of aliphatic hydroxyl groups is 1. The highest BCUT2D eigenvalue weighted by atomic mass is 16.6. The molecule has 0 spiro atoms. The number of amides is 1. The van der Waals surface area contributed by atoms with Crippen LogP contribution in [0.1, 0.15) is 37.4 Å². The number of carbonyl (C=O) groups excluding carboxylic acids is 2.